The second kappa shape index (κ2) is 7.96. The molecule has 1 aliphatic rings. The topological polar surface area (TPSA) is 46.3 Å². The van der Waals surface area contributed by atoms with Crippen LogP contribution in [0.5, 0.6) is 0 Å². The lowest BCUT2D eigenvalue weighted by atomic mass is 10.1. The Kier molecular flexibility index (Phi) is 5.25. The molecule has 0 radical (unpaired) electrons. The molecule has 4 nitrogen and oxygen atoms in total. The molecule has 26 heavy (non-hydrogen) atoms. The maximum Gasteiger partial charge on any atom is 0.257 e. The molecule has 0 N–H and O–H groups in total. The van der Waals surface area contributed by atoms with Crippen LogP contribution >= 0.6 is 11.8 Å². The normalized spacial score (nSPS) is 15.2. The monoisotopic (exact) mass is 366 g/mol. The lowest BCUT2D eigenvalue weighted by Crippen LogP contribution is -2.32. The number of rotatable bonds is 4. The van der Waals surface area contributed by atoms with Gasteiger partial charge in [0.15, 0.2) is 5.58 Å². The van der Waals surface area contributed by atoms with E-state index >= 15 is 0 Å². The lowest BCUT2D eigenvalue weighted by molar-refractivity contribution is 0.0761. The average Bonchev–Trinajstić information content (AvgIpc) is 2.90. The molecule has 0 spiro atoms. The number of benzene rings is 2. The number of nitrogens with zero attached hydrogens (tertiary/aromatic N) is 2. The maximum atomic E-state index is 13.0. The van der Waals surface area contributed by atoms with Crippen molar-refractivity contribution in [3.8, 4) is 0 Å². The van der Waals surface area contributed by atoms with E-state index in [2.05, 4.69) is 4.98 Å². The van der Waals surface area contributed by atoms with Crippen molar-refractivity contribution in [1.29, 1.82) is 0 Å². The number of thioether (sulfide) groups is 1. The number of carbonyl (C=O) groups is 1. The molecule has 1 aromatic heterocycles. The number of amides is 1. The predicted molar refractivity (Wildman–Crippen MR) is 104 cm³/mol. The van der Waals surface area contributed by atoms with Gasteiger partial charge in [-0.2, -0.15) is 0 Å². The molecule has 1 fully saturated rings. The van der Waals surface area contributed by atoms with Gasteiger partial charge >= 0.3 is 0 Å². The summed E-state index contributed by atoms with van der Waals surface area (Å²) in [6.45, 7) is 1.73. The summed E-state index contributed by atoms with van der Waals surface area (Å²) in [4.78, 5) is 19.5. The Morgan fingerprint density at radius 3 is 2.54 bits per heavy atom. The third-order valence-electron chi connectivity index (χ3n) is 4.77. The molecular formula is C21H22N2O2S. The van der Waals surface area contributed by atoms with Gasteiger partial charge in [0, 0.05) is 24.4 Å². The standard InChI is InChI=1S/C21H22N2O2S/c24-20(23-13-7-1-2-8-14-23)17-10-4-3-9-16(17)15-26-21-22-18-11-5-6-12-19(18)25-21/h3-6,9-12H,1-2,7-8,13-15H2. The number of hydrogen-bond donors (Lipinski definition) is 0. The first-order chi connectivity index (χ1) is 12.8. The maximum absolute atomic E-state index is 13.0. The van der Waals surface area contributed by atoms with E-state index in [1.165, 1.54) is 24.6 Å². The van der Waals surface area contributed by atoms with Crippen LogP contribution in [0.25, 0.3) is 11.1 Å². The molecule has 2 aromatic carbocycles. The van der Waals surface area contributed by atoms with Gasteiger partial charge < -0.3 is 9.32 Å². The number of fused-ring (bicyclic) bond motifs is 1. The summed E-state index contributed by atoms with van der Waals surface area (Å²) in [5.74, 6) is 0.823. The summed E-state index contributed by atoms with van der Waals surface area (Å²) in [6, 6.07) is 15.7. The highest BCUT2D eigenvalue weighted by atomic mass is 32.2. The first-order valence-corrected chi connectivity index (χ1v) is 10.2. The number of hydrogen-bond acceptors (Lipinski definition) is 4. The van der Waals surface area contributed by atoms with Crippen LogP contribution in [0.15, 0.2) is 58.2 Å². The molecule has 0 atom stereocenters. The van der Waals surface area contributed by atoms with Crippen LogP contribution in [0.4, 0.5) is 0 Å². The van der Waals surface area contributed by atoms with Gasteiger partial charge in [-0.05, 0) is 36.6 Å². The Morgan fingerprint density at radius 1 is 1.00 bits per heavy atom. The SMILES string of the molecule is O=C(c1ccccc1CSc1nc2ccccc2o1)N1CCCCCC1. The fourth-order valence-electron chi connectivity index (χ4n) is 3.35. The number of oxazole rings is 1. The summed E-state index contributed by atoms with van der Waals surface area (Å²) < 4.78 is 5.78. The van der Waals surface area contributed by atoms with E-state index in [9.17, 15) is 4.79 Å². The van der Waals surface area contributed by atoms with Gasteiger partial charge in [0.1, 0.15) is 5.52 Å². The average molecular weight is 366 g/mol. The van der Waals surface area contributed by atoms with Gasteiger partial charge in [-0.1, -0.05) is 54.9 Å². The third kappa shape index (κ3) is 3.78. The molecule has 4 rings (SSSR count). The number of para-hydroxylation sites is 2. The van der Waals surface area contributed by atoms with Crippen LogP contribution in [0.2, 0.25) is 0 Å². The minimum atomic E-state index is 0.153. The molecule has 5 heteroatoms. The van der Waals surface area contributed by atoms with Crippen LogP contribution in [0.1, 0.15) is 41.6 Å². The Hall–Kier alpha value is -2.27. The zero-order chi connectivity index (χ0) is 17.8. The van der Waals surface area contributed by atoms with Crippen molar-refractivity contribution < 1.29 is 9.21 Å². The van der Waals surface area contributed by atoms with E-state index < -0.39 is 0 Å². The summed E-state index contributed by atoms with van der Waals surface area (Å²) >= 11 is 1.53. The summed E-state index contributed by atoms with van der Waals surface area (Å²) in [5.41, 5.74) is 3.50. The van der Waals surface area contributed by atoms with Gasteiger partial charge in [-0.25, -0.2) is 4.98 Å². The second-order valence-electron chi connectivity index (χ2n) is 6.60. The van der Waals surface area contributed by atoms with Crippen molar-refractivity contribution in [2.45, 2.75) is 36.7 Å². The predicted octanol–water partition coefficient (Wildman–Crippen LogP) is 5.14. The smallest absolute Gasteiger partial charge is 0.257 e. The Balaban J connectivity index is 1.50. The van der Waals surface area contributed by atoms with Crippen LogP contribution in [-0.2, 0) is 5.75 Å². The minimum absolute atomic E-state index is 0.153. The van der Waals surface area contributed by atoms with Gasteiger partial charge in [0.25, 0.3) is 11.1 Å². The van der Waals surface area contributed by atoms with Gasteiger partial charge in [0.2, 0.25) is 0 Å². The van der Waals surface area contributed by atoms with Crippen LogP contribution in [-0.4, -0.2) is 28.9 Å². The molecule has 3 aromatic rings. The Bertz CT molecular complexity index is 865. The number of carbonyl (C=O) groups excluding carboxylic acids is 1. The Morgan fingerprint density at radius 2 is 1.73 bits per heavy atom. The molecule has 0 unspecified atom stereocenters. The number of aromatic nitrogens is 1. The molecule has 0 aliphatic carbocycles. The summed E-state index contributed by atoms with van der Waals surface area (Å²) in [7, 11) is 0. The molecule has 134 valence electrons. The molecular weight excluding hydrogens is 344 g/mol. The van der Waals surface area contributed by atoms with Crippen molar-refractivity contribution in [3.05, 3.63) is 59.7 Å². The van der Waals surface area contributed by atoms with E-state index in [4.69, 9.17) is 4.42 Å². The fraction of sp³-hybridized carbons (Fsp3) is 0.333. The molecule has 1 amide bonds. The van der Waals surface area contributed by atoms with Crippen molar-refractivity contribution in [2.24, 2.45) is 0 Å². The zero-order valence-corrected chi connectivity index (χ0v) is 15.5. The van der Waals surface area contributed by atoms with Crippen molar-refractivity contribution in [3.63, 3.8) is 0 Å². The summed E-state index contributed by atoms with van der Waals surface area (Å²) in [5, 5.41) is 0.642. The van der Waals surface area contributed by atoms with Gasteiger partial charge in [-0.15, -0.1) is 0 Å². The summed E-state index contributed by atoms with van der Waals surface area (Å²) in [6.07, 6.45) is 4.65. The third-order valence-corrected chi connectivity index (χ3v) is 5.64. The lowest BCUT2D eigenvalue weighted by Gasteiger charge is -2.21. The van der Waals surface area contributed by atoms with Crippen molar-refractivity contribution in [2.75, 3.05) is 13.1 Å². The highest BCUT2D eigenvalue weighted by Crippen LogP contribution is 2.28. The first-order valence-electron chi connectivity index (χ1n) is 9.17. The largest absolute Gasteiger partial charge is 0.431 e. The fourth-order valence-corrected chi connectivity index (χ4v) is 4.19. The van der Waals surface area contributed by atoms with Gasteiger partial charge in [0.05, 0.1) is 0 Å². The molecule has 0 saturated carbocycles. The Labute approximate surface area is 157 Å². The minimum Gasteiger partial charge on any atom is -0.431 e. The van der Waals surface area contributed by atoms with Crippen molar-refractivity contribution >= 4 is 28.8 Å². The van der Waals surface area contributed by atoms with Crippen LogP contribution in [0, 0.1) is 0 Å². The van der Waals surface area contributed by atoms with Crippen LogP contribution < -0.4 is 0 Å². The van der Waals surface area contributed by atoms with Gasteiger partial charge in [-0.3, -0.25) is 4.79 Å². The highest BCUT2D eigenvalue weighted by Gasteiger charge is 2.20. The van der Waals surface area contributed by atoms with E-state index in [1.54, 1.807) is 0 Å². The quantitative estimate of drug-likeness (QED) is 0.600. The second-order valence-corrected chi connectivity index (χ2v) is 7.53. The molecule has 0 bridgehead atoms. The molecule has 1 aliphatic heterocycles. The molecule has 2 heterocycles. The highest BCUT2D eigenvalue weighted by molar-refractivity contribution is 7.98. The van der Waals surface area contributed by atoms with E-state index in [-0.39, 0.29) is 5.91 Å². The van der Waals surface area contributed by atoms with E-state index in [0.29, 0.717) is 11.0 Å². The van der Waals surface area contributed by atoms with E-state index in [1.807, 2.05) is 53.4 Å². The van der Waals surface area contributed by atoms with Crippen LogP contribution in [0.3, 0.4) is 0 Å². The number of likely N-dealkylation sites (tertiary alicyclic amines) is 1. The molecule has 1 saturated heterocycles. The first kappa shape index (κ1) is 17.2. The zero-order valence-electron chi connectivity index (χ0n) is 14.7. The van der Waals surface area contributed by atoms with Crippen molar-refractivity contribution in [1.82, 2.24) is 9.88 Å². The van der Waals surface area contributed by atoms with E-state index in [0.717, 1.165) is 48.2 Å².